The fourth-order valence-electron chi connectivity index (χ4n) is 2.25. The van der Waals surface area contributed by atoms with Gasteiger partial charge in [0.2, 0.25) is 0 Å². The lowest BCUT2D eigenvalue weighted by Gasteiger charge is -2.06. The van der Waals surface area contributed by atoms with Gasteiger partial charge >= 0.3 is 0 Å². The molecule has 0 aliphatic rings. The molecule has 0 heteroatoms. The Hall–Kier alpha value is -1.82. The molecule has 19 heavy (non-hydrogen) atoms. The second-order valence-corrected chi connectivity index (χ2v) is 4.85. The third kappa shape index (κ3) is 4.10. The lowest BCUT2D eigenvalue weighted by molar-refractivity contribution is 0.730. The van der Waals surface area contributed by atoms with Crippen molar-refractivity contribution in [2.75, 3.05) is 0 Å². The molecule has 0 radical (unpaired) electrons. The number of unbranched alkanes of at least 4 members (excludes halogenated alkanes) is 3. The average Bonchev–Trinajstić information content (AvgIpc) is 2.48. The third-order valence-corrected chi connectivity index (χ3v) is 3.32. The zero-order valence-electron chi connectivity index (χ0n) is 11.7. The summed E-state index contributed by atoms with van der Waals surface area (Å²) in [5.74, 6) is 0. The molecule has 0 aliphatic carbocycles. The predicted molar refractivity (Wildman–Crippen MR) is 85.1 cm³/mol. The van der Waals surface area contributed by atoms with Crippen LogP contribution < -0.4 is 0 Å². The Balaban J connectivity index is 2.13. The third-order valence-electron chi connectivity index (χ3n) is 3.32. The van der Waals surface area contributed by atoms with Gasteiger partial charge in [-0.2, -0.15) is 0 Å². The SMILES string of the molecule is CCCCC/C=C/c1ccccc1-c1ccccc1. The Morgan fingerprint density at radius 1 is 0.842 bits per heavy atom. The monoisotopic (exact) mass is 250 g/mol. The van der Waals surface area contributed by atoms with Gasteiger partial charge in [0.05, 0.1) is 0 Å². The van der Waals surface area contributed by atoms with Gasteiger partial charge in [0.25, 0.3) is 0 Å². The van der Waals surface area contributed by atoms with E-state index < -0.39 is 0 Å². The first-order valence-corrected chi connectivity index (χ1v) is 7.23. The molecule has 0 unspecified atom stereocenters. The van der Waals surface area contributed by atoms with Gasteiger partial charge in [0.15, 0.2) is 0 Å². The molecule has 0 aromatic heterocycles. The Morgan fingerprint density at radius 2 is 1.58 bits per heavy atom. The van der Waals surface area contributed by atoms with Gasteiger partial charge < -0.3 is 0 Å². The number of hydrogen-bond donors (Lipinski definition) is 0. The molecule has 0 amide bonds. The van der Waals surface area contributed by atoms with Crippen molar-refractivity contribution >= 4 is 6.08 Å². The van der Waals surface area contributed by atoms with Crippen LogP contribution in [0.5, 0.6) is 0 Å². The maximum Gasteiger partial charge on any atom is -0.0112 e. The summed E-state index contributed by atoms with van der Waals surface area (Å²) in [4.78, 5) is 0. The van der Waals surface area contributed by atoms with E-state index in [-0.39, 0.29) is 0 Å². The molecule has 0 aliphatic heterocycles. The Bertz CT molecular complexity index is 509. The molecule has 0 saturated heterocycles. The topological polar surface area (TPSA) is 0 Å². The minimum atomic E-state index is 1.18. The normalized spacial score (nSPS) is 11.0. The van der Waals surface area contributed by atoms with Crippen LogP contribution in [0.2, 0.25) is 0 Å². The lowest BCUT2D eigenvalue weighted by Crippen LogP contribution is -1.82. The van der Waals surface area contributed by atoms with Gasteiger partial charge in [-0.05, 0) is 29.5 Å². The maximum atomic E-state index is 2.30. The molecule has 0 nitrogen and oxygen atoms in total. The van der Waals surface area contributed by atoms with E-state index in [4.69, 9.17) is 0 Å². The van der Waals surface area contributed by atoms with Crippen molar-refractivity contribution in [2.45, 2.75) is 32.6 Å². The highest BCUT2D eigenvalue weighted by Crippen LogP contribution is 2.24. The Kier molecular flexibility index (Phi) is 5.43. The van der Waals surface area contributed by atoms with Crippen LogP contribution in [-0.2, 0) is 0 Å². The molecule has 2 rings (SSSR count). The Morgan fingerprint density at radius 3 is 2.37 bits per heavy atom. The number of benzene rings is 2. The Labute approximate surface area is 116 Å². The molecular weight excluding hydrogens is 228 g/mol. The minimum Gasteiger partial charge on any atom is -0.0839 e. The molecule has 0 bridgehead atoms. The first kappa shape index (κ1) is 13.6. The molecule has 0 N–H and O–H groups in total. The van der Waals surface area contributed by atoms with Gasteiger partial charge in [-0.15, -0.1) is 0 Å². The van der Waals surface area contributed by atoms with Gasteiger partial charge in [0.1, 0.15) is 0 Å². The summed E-state index contributed by atoms with van der Waals surface area (Å²) < 4.78 is 0. The van der Waals surface area contributed by atoms with Crippen molar-refractivity contribution in [1.29, 1.82) is 0 Å². The quantitative estimate of drug-likeness (QED) is 0.556. The van der Waals surface area contributed by atoms with Crippen molar-refractivity contribution in [1.82, 2.24) is 0 Å². The molecule has 0 heterocycles. The molecule has 0 fully saturated rings. The summed E-state index contributed by atoms with van der Waals surface area (Å²) in [6.07, 6.45) is 9.64. The smallest absolute Gasteiger partial charge is 0.0112 e. The van der Waals surface area contributed by atoms with Gasteiger partial charge in [-0.1, -0.05) is 86.5 Å². The summed E-state index contributed by atoms with van der Waals surface area (Å²) in [5.41, 5.74) is 3.91. The standard InChI is InChI=1S/C19H22/c1-2-3-4-5-7-12-18-15-10-11-16-19(18)17-13-8-6-9-14-17/h6-16H,2-5H2,1H3/b12-7+. The highest BCUT2D eigenvalue weighted by atomic mass is 14.0. The van der Waals surface area contributed by atoms with Gasteiger partial charge in [0, 0.05) is 0 Å². The van der Waals surface area contributed by atoms with E-state index in [0.717, 1.165) is 0 Å². The summed E-state index contributed by atoms with van der Waals surface area (Å²) in [5, 5.41) is 0. The van der Waals surface area contributed by atoms with Crippen molar-refractivity contribution in [3.63, 3.8) is 0 Å². The van der Waals surface area contributed by atoms with Crippen LogP contribution in [0.4, 0.5) is 0 Å². The number of rotatable bonds is 6. The fraction of sp³-hybridized carbons (Fsp3) is 0.263. The molecule has 0 spiro atoms. The van der Waals surface area contributed by atoms with E-state index in [1.54, 1.807) is 0 Å². The van der Waals surface area contributed by atoms with Gasteiger partial charge in [-0.3, -0.25) is 0 Å². The maximum absolute atomic E-state index is 2.30. The van der Waals surface area contributed by atoms with Crippen molar-refractivity contribution in [3.8, 4) is 11.1 Å². The van der Waals surface area contributed by atoms with Crippen molar-refractivity contribution < 1.29 is 0 Å². The average molecular weight is 250 g/mol. The number of hydrogen-bond acceptors (Lipinski definition) is 0. The molecule has 0 atom stereocenters. The summed E-state index contributed by atoms with van der Waals surface area (Å²) in [6, 6.07) is 19.2. The lowest BCUT2D eigenvalue weighted by atomic mass is 9.99. The minimum absolute atomic E-state index is 1.18. The van der Waals surface area contributed by atoms with Gasteiger partial charge in [-0.25, -0.2) is 0 Å². The van der Waals surface area contributed by atoms with E-state index >= 15 is 0 Å². The summed E-state index contributed by atoms with van der Waals surface area (Å²) in [6.45, 7) is 2.24. The highest BCUT2D eigenvalue weighted by Gasteiger charge is 2.00. The van der Waals surface area contributed by atoms with Crippen LogP contribution in [0.25, 0.3) is 17.2 Å². The van der Waals surface area contributed by atoms with Crippen LogP contribution in [0.15, 0.2) is 60.7 Å². The summed E-state index contributed by atoms with van der Waals surface area (Å²) >= 11 is 0. The first-order chi connectivity index (χ1) is 9.42. The number of allylic oxidation sites excluding steroid dienone is 1. The van der Waals surface area contributed by atoms with Crippen LogP contribution >= 0.6 is 0 Å². The van der Waals surface area contributed by atoms with E-state index in [2.05, 4.69) is 73.7 Å². The van der Waals surface area contributed by atoms with Crippen molar-refractivity contribution in [3.05, 3.63) is 66.2 Å². The molecule has 0 saturated carbocycles. The molecule has 98 valence electrons. The molecular formula is C19H22. The highest BCUT2D eigenvalue weighted by molar-refractivity contribution is 5.75. The zero-order valence-corrected chi connectivity index (χ0v) is 11.7. The van der Waals surface area contributed by atoms with Crippen LogP contribution in [0.3, 0.4) is 0 Å². The van der Waals surface area contributed by atoms with Crippen LogP contribution in [0, 0.1) is 0 Å². The zero-order chi connectivity index (χ0) is 13.3. The largest absolute Gasteiger partial charge is 0.0839 e. The second kappa shape index (κ2) is 7.58. The van der Waals surface area contributed by atoms with Crippen molar-refractivity contribution in [2.24, 2.45) is 0 Å². The van der Waals surface area contributed by atoms with E-state index in [0.29, 0.717) is 0 Å². The summed E-state index contributed by atoms with van der Waals surface area (Å²) in [7, 11) is 0. The van der Waals surface area contributed by atoms with E-state index in [1.807, 2.05) is 0 Å². The van der Waals surface area contributed by atoms with E-state index in [9.17, 15) is 0 Å². The predicted octanol–water partition coefficient (Wildman–Crippen LogP) is 5.95. The van der Waals surface area contributed by atoms with E-state index in [1.165, 1.54) is 42.4 Å². The van der Waals surface area contributed by atoms with Crippen LogP contribution in [-0.4, -0.2) is 0 Å². The first-order valence-electron chi connectivity index (χ1n) is 7.23. The second-order valence-electron chi connectivity index (χ2n) is 4.85. The molecule has 2 aromatic rings. The fourth-order valence-corrected chi connectivity index (χ4v) is 2.25. The van der Waals surface area contributed by atoms with Crippen LogP contribution in [0.1, 0.15) is 38.2 Å². The molecule has 2 aromatic carbocycles.